The molecule has 0 N–H and O–H groups in total. The minimum atomic E-state index is 0.433. The Hall–Kier alpha value is -0.410. The first-order valence-electron chi connectivity index (χ1n) is 6.56. The van der Waals surface area contributed by atoms with Crippen LogP contribution in [0.4, 0.5) is 0 Å². The Balaban J connectivity index is 1.89. The van der Waals surface area contributed by atoms with Crippen LogP contribution in [0.15, 0.2) is 22.8 Å². The largest absolute Gasteiger partial charge is 0.468 e. The molecule has 1 saturated carbocycles. The maximum atomic E-state index is 5.40. The predicted octanol–water partition coefficient (Wildman–Crippen LogP) is 3.59. The van der Waals surface area contributed by atoms with Crippen LogP contribution in [0.5, 0.6) is 0 Å². The van der Waals surface area contributed by atoms with Crippen molar-refractivity contribution in [2.45, 2.75) is 38.6 Å². The zero-order chi connectivity index (χ0) is 12.1. The van der Waals surface area contributed by atoms with Crippen LogP contribution < -0.4 is 0 Å². The van der Waals surface area contributed by atoms with E-state index in [9.17, 15) is 0 Å². The summed E-state index contributed by atoms with van der Waals surface area (Å²) in [5, 5.41) is 0. The Morgan fingerprint density at radius 2 is 2.12 bits per heavy atom. The van der Waals surface area contributed by atoms with E-state index in [0.717, 1.165) is 24.6 Å². The molecule has 0 radical (unpaired) electrons. The van der Waals surface area contributed by atoms with Crippen molar-refractivity contribution < 1.29 is 4.42 Å². The first-order valence-corrected chi connectivity index (χ1v) is 7.19. The zero-order valence-electron chi connectivity index (χ0n) is 10.7. The van der Waals surface area contributed by atoms with Gasteiger partial charge in [0, 0.05) is 6.54 Å². The van der Waals surface area contributed by atoms with Crippen molar-refractivity contribution in [1.82, 2.24) is 4.90 Å². The molecule has 0 aromatic carbocycles. The molecule has 0 atom stereocenters. The molecule has 0 saturated heterocycles. The molecule has 1 aliphatic rings. The summed E-state index contributed by atoms with van der Waals surface area (Å²) in [6, 6.07) is 4.00. The smallest absolute Gasteiger partial charge is 0.117 e. The fourth-order valence-electron chi connectivity index (χ4n) is 2.97. The Bertz CT molecular complexity index is 317. The van der Waals surface area contributed by atoms with Crippen LogP contribution in [-0.2, 0) is 6.54 Å². The Kier molecular flexibility index (Phi) is 4.57. The van der Waals surface area contributed by atoms with Gasteiger partial charge in [-0.05, 0) is 43.2 Å². The third-order valence-electron chi connectivity index (χ3n) is 3.86. The lowest BCUT2D eigenvalue weighted by atomic mass is 9.75. The van der Waals surface area contributed by atoms with Crippen molar-refractivity contribution in [3.05, 3.63) is 24.2 Å². The molecule has 2 rings (SSSR count). The standard InChI is InChI=1S/C14H23NOS/c1-15(10-13-6-5-9-16-13)11-14(12-17)7-3-2-4-8-14/h5-6,9,17H,2-4,7-8,10-12H2,1H3. The first-order chi connectivity index (χ1) is 8.24. The van der Waals surface area contributed by atoms with Crippen molar-refractivity contribution in [1.29, 1.82) is 0 Å². The first kappa shape index (κ1) is 13.0. The highest BCUT2D eigenvalue weighted by atomic mass is 32.1. The number of rotatable bonds is 5. The van der Waals surface area contributed by atoms with E-state index in [1.807, 2.05) is 12.1 Å². The maximum absolute atomic E-state index is 5.40. The van der Waals surface area contributed by atoms with Gasteiger partial charge in [-0.3, -0.25) is 4.90 Å². The molecular weight excluding hydrogens is 230 g/mol. The fraction of sp³-hybridized carbons (Fsp3) is 0.714. The van der Waals surface area contributed by atoms with E-state index in [-0.39, 0.29) is 0 Å². The number of thiol groups is 1. The van der Waals surface area contributed by atoms with E-state index >= 15 is 0 Å². The average Bonchev–Trinajstić information content (AvgIpc) is 2.83. The highest BCUT2D eigenvalue weighted by molar-refractivity contribution is 7.80. The number of nitrogens with zero attached hydrogens (tertiary/aromatic N) is 1. The van der Waals surface area contributed by atoms with Crippen LogP contribution in [0.25, 0.3) is 0 Å². The molecule has 1 aromatic rings. The van der Waals surface area contributed by atoms with Crippen LogP contribution in [-0.4, -0.2) is 24.2 Å². The maximum Gasteiger partial charge on any atom is 0.117 e. The summed E-state index contributed by atoms with van der Waals surface area (Å²) in [7, 11) is 2.18. The summed E-state index contributed by atoms with van der Waals surface area (Å²) in [5.74, 6) is 2.06. The van der Waals surface area contributed by atoms with Crippen molar-refractivity contribution in [2.75, 3.05) is 19.3 Å². The van der Waals surface area contributed by atoms with Gasteiger partial charge < -0.3 is 4.42 Å². The van der Waals surface area contributed by atoms with E-state index in [0.29, 0.717) is 5.41 Å². The number of hydrogen-bond acceptors (Lipinski definition) is 3. The summed E-state index contributed by atoms with van der Waals surface area (Å²) >= 11 is 4.59. The van der Waals surface area contributed by atoms with E-state index in [2.05, 4.69) is 24.6 Å². The molecule has 0 aliphatic heterocycles. The molecule has 0 amide bonds. The summed E-state index contributed by atoms with van der Waals surface area (Å²) in [4.78, 5) is 2.38. The van der Waals surface area contributed by atoms with Gasteiger partial charge in [0.15, 0.2) is 0 Å². The monoisotopic (exact) mass is 253 g/mol. The van der Waals surface area contributed by atoms with Gasteiger partial charge in [-0.2, -0.15) is 12.6 Å². The Morgan fingerprint density at radius 1 is 1.35 bits per heavy atom. The lowest BCUT2D eigenvalue weighted by Crippen LogP contribution is -2.38. The molecule has 2 nitrogen and oxygen atoms in total. The van der Waals surface area contributed by atoms with Crippen LogP contribution in [0.2, 0.25) is 0 Å². The molecule has 96 valence electrons. The van der Waals surface area contributed by atoms with Gasteiger partial charge in [0.05, 0.1) is 12.8 Å². The second kappa shape index (κ2) is 5.96. The summed E-state index contributed by atoms with van der Waals surface area (Å²) in [6.45, 7) is 2.04. The molecule has 1 heterocycles. The van der Waals surface area contributed by atoms with Crippen molar-refractivity contribution >= 4 is 12.6 Å². The number of furan rings is 1. The Labute approximate surface area is 110 Å². The van der Waals surface area contributed by atoms with E-state index in [4.69, 9.17) is 4.42 Å². The summed E-state index contributed by atoms with van der Waals surface area (Å²) < 4.78 is 5.40. The molecular formula is C14H23NOS. The lowest BCUT2D eigenvalue weighted by Gasteiger charge is -2.39. The topological polar surface area (TPSA) is 16.4 Å². The lowest BCUT2D eigenvalue weighted by molar-refractivity contribution is 0.135. The van der Waals surface area contributed by atoms with Crippen molar-refractivity contribution in [3.8, 4) is 0 Å². The van der Waals surface area contributed by atoms with Gasteiger partial charge in [-0.25, -0.2) is 0 Å². The summed E-state index contributed by atoms with van der Waals surface area (Å²) in [5.41, 5.74) is 0.433. The fourth-order valence-corrected chi connectivity index (χ4v) is 3.38. The van der Waals surface area contributed by atoms with Gasteiger partial charge >= 0.3 is 0 Å². The highest BCUT2D eigenvalue weighted by Crippen LogP contribution is 2.37. The molecule has 0 spiro atoms. The predicted molar refractivity (Wildman–Crippen MR) is 74.4 cm³/mol. The second-order valence-electron chi connectivity index (χ2n) is 5.47. The summed E-state index contributed by atoms with van der Waals surface area (Å²) in [6.07, 6.45) is 8.55. The number of hydrogen-bond donors (Lipinski definition) is 1. The molecule has 0 bridgehead atoms. The second-order valence-corrected chi connectivity index (χ2v) is 5.79. The quantitative estimate of drug-likeness (QED) is 0.807. The minimum absolute atomic E-state index is 0.433. The van der Waals surface area contributed by atoms with E-state index in [1.54, 1.807) is 6.26 Å². The third kappa shape index (κ3) is 3.52. The van der Waals surface area contributed by atoms with Gasteiger partial charge in [0.2, 0.25) is 0 Å². The molecule has 3 heteroatoms. The Morgan fingerprint density at radius 3 is 2.71 bits per heavy atom. The normalized spacial score (nSPS) is 19.7. The molecule has 1 aliphatic carbocycles. The van der Waals surface area contributed by atoms with Crippen LogP contribution in [0.3, 0.4) is 0 Å². The molecule has 1 fully saturated rings. The third-order valence-corrected chi connectivity index (χ3v) is 4.53. The van der Waals surface area contributed by atoms with Crippen LogP contribution in [0, 0.1) is 5.41 Å². The van der Waals surface area contributed by atoms with Gasteiger partial charge in [0.1, 0.15) is 5.76 Å². The zero-order valence-corrected chi connectivity index (χ0v) is 11.6. The van der Waals surface area contributed by atoms with Crippen LogP contribution >= 0.6 is 12.6 Å². The van der Waals surface area contributed by atoms with Crippen LogP contribution in [0.1, 0.15) is 37.9 Å². The SMILES string of the molecule is CN(Cc1ccco1)CC1(CS)CCCCC1. The molecule has 1 aromatic heterocycles. The average molecular weight is 253 g/mol. The highest BCUT2D eigenvalue weighted by Gasteiger charge is 2.31. The minimum Gasteiger partial charge on any atom is -0.468 e. The van der Waals surface area contributed by atoms with Gasteiger partial charge in [-0.15, -0.1) is 0 Å². The van der Waals surface area contributed by atoms with Crippen molar-refractivity contribution in [2.24, 2.45) is 5.41 Å². The van der Waals surface area contributed by atoms with Gasteiger partial charge in [-0.1, -0.05) is 19.3 Å². The van der Waals surface area contributed by atoms with E-state index in [1.165, 1.54) is 32.1 Å². The van der Waals surface area contributed by atoms with Crippen molar-refractivity contribution in [3.63, 3.8) is 0 Å². The molecule has 17 heavy (non-hydrogen) atoms. The molecule has 0 unspecified atom stereocenters. The van der Waals surface area contributed by atoms with E-state index < -0.39 is 0 Å². The van der Waals surface area contributed by atoms with Gasteiger partial charge in [0.25, 0.3) is 0 Å².